The number of nitrogens with two attached hydrogens (primary N) is 1. The van der Waals surface area contributed by atoms with Gasteiger partial charge < -0.3 is 11.1 Å². The highest BCUT2D eigenvalue weighted by molar-refractivity contribution is 5.80. The lowest BCUT2D eigenvalue weighted by Gasteiger charge is -2.16. The van der Waals surface area contributed by atoms with Crippen LogP contribution in [-0.2, 0) is 12.8 Å². The minimum atomic E-state index is 0.609. The third-order valence-corrected chi connectivity index (χ3v) is 9.34. The summed E-state index contributed by atoms with van der Waals surface area (Å²) in [6, 6.07) is 29.7. The van der Waals surface area contributed by atoms with Gasteiger partial charge in [0.2, 0.25) is 0 Å². The van der Waals surface area contributed by atoms with E-state index in [1.54, 1.807) is 0 Å². The zero-order valence-electron chi connectivity index (χ0n) is 22.5. The van der Waals surface area contributed by atoms with E-state index in [0.29, 0.717) is 12.0 Å². The number of benzene rings is 4. The van der Waals surface area contributed by atoms with E-state index in [-0.39, 0.29) is 0 Å². The van der Waals surface area contributed by atoms with E-state index >= 15 is 0 Å². The number of nitrogens with one attached hydrogen (secondary N) is 1. The van der Waals surface area contributed by atoms with Gasteiger partial charge in [0.1, 0.15) is 0 Å². The summed E-state index contributed by atoms with van der Waals surface area (Å²) in [6.45, 7) is 2.33. The van der Waals surface area contributed by atoms with Gasteiger partial charge in [0.15, 0.2) is 0 Å². The average molecular weight is 499 g/mol. The molecule has 192 valence electrons. The fourth-order valence-corrected chi connectivity index (χ4v) is 7.00. The Morgan fingerprint density at radius 3 is 1.95 bits per heavy atom. The topological polar surface area (TPSA) is 38.0 Å². The molecule has 1 atom stereocenters. The normalized spacial score (nSPS) is 17.6. The van der Waals surface area contributed by atoms with Crippen molar-refractivity contribution < 1.29 is 0 Å². The Morgan fingerprint density at radius 1 is 0.658 bits per heavy atom. The Hall–Kier alpha value is -3.52. The first-order chi connectivity index (χ1) is 18.6. The van der Waals surface area contributed by atoms with Crippen molar-refractivity contribution in [3.63, 3.8) is 0 Å². The number of hydrogen-bond donors (Lipinski definition) is 2. The van der Waals surface area contributed by atoms with Gasteiger partial charge in [0.25, 0.3) is 0 Å². The SMILES string of the molecule is CC(c1cc2c(cc1N)Cc1ccccc1-2)C1CC1.c1ccc2c(c1)Cc1cc(NC3CCCC3)ccc1-2. The summed E-state index contributed by atoms with van der Waals surface area (Å²) in [4.78, 5) is 0. The maximum Gasteiger partial charge on any atom is 0.0352 e. The zero-order valence-corrected chi connectivity index (χ0v) is 22.5. The number of anilines is 2. The van der Waals surface area contributed by atoms with Crippen molar-refractivity contribution in [2.24, 2.45) is 5.92 Å². The summed E-state index contributed by atoms with van der Waals surface area (Å²) in [5, 5.41) is 3.70. The van der Waals surface area contributed by atoms with Crippen molar-refractivity contribution in [1.82, 2.24) is 0 Å². The Labute approximate surface area is 227 Å². The molecule has 4 aromatic rings. The van der Waals surface area contributed by atoms with E-state index < -0.39 is 0 Å². The van der Waals surface area contributed by atoms with E-state index in [1.165, 1.54) is 94.3 Å². The second kappa shape index (κ2) is 9.66. The number of fused-ring (bicyclic) bond motifs is 6. The van der Waals surface area contributed by atoms with Crippen LogP contribution >= 0.6 is 0 Å². The molecule has 2 nitrogen and oxygen atoms in total. The van der Waals surface area contributed by atoms with E-state index in [2.05, 4.69) is 91.1 Å². The third-order valence-electron chi connectivity index (χ3n) is 9.34. The Bertz CT molecular complexity index is 1490. The van der Waals surface area contributed by atoms with Gasteiger partial charge in [-0.05, 0) is 125 Å². The molecule has 0 amide bonds. The molecule has 2 fully saturated rings. The van der Waals surface area contributed by atoms with E-state index in [9.17, 15) is 0 Å². The van der Waals surface area contributed by atoms with Crippen LogP contribution in [0.5, 0.6) is 0 Å². The second-order valence-corrected chi connectivity index (χ2v) is 11.9. The van der Waals surface area contributed by atoms with Crippen LogP contribution in [-0.4, -0.2) is 6.04 Å². The van der Waals surface area contributed by atoms with Gasteiger partial charge in [0, 0.05) is 17.4 Å². The fourth-order valence-electron chi connectivity index (χ4n) is 7.00. The minimum Gasteiger partial charge on any atom is -0.398 e. The Kier molecular flexibility index (Phi) is 5.99. The van der Waals surface area contributed by atoms with Crippen LogP contribution in [0.15, 0.2) is 78.9 Å². The average Bonchev–Trinajstić information content (AvgIpc) is 3.37. The lowest BCUT2D eigenvalue weighted by molar-refractivity contribution is 0.666. The molecular formula is C36H38N2. The van der Waals surface area contributed by atoms with Gasteiger partial charge in [-0.1, -0.05) is 74.4 Å². The molecule has 4 aliphatic carbocycles. The Morgan fingerprint density at radius 2 is 1.26 bits per heavy atom. The van der Waals surface area contributed by atoms with Crippen molar-refractivity contribution >= 4 is 11.4 Å². The number of nitrogen functional groups attached to an aromatic ring is 1. The highest BCUT2D eigenvalue weighted by atomic mass is 14.9. The molecule has 0 bridgehead atoms. The van der Waals surface area contributed by atoms with Crippen LogP contribution in [0, 0.1) is 5.92 Å². The maximum absolute atomic E-state index is 6.29. The summed E-state index contributed by atoms with van der Waals surface area (Å²) >= 11 is 0. The molecule has 0 radical (unpaired) electrons. The molecule has 2 heteroatoms. The Balaban J connectivity index is 0.000000127. The van der Waals surface area contributed by atoms with E-state index in [1.807, 2.05) is 0 Å². The first kappa shape index (κ1) is 23.6. The molecule has 0 spiro atoms. The van der Waals surface area contributed by atoms with Crippen molar-refractivity contribution in [2.75, 3.05) is 11.1 Å². The summed E-state index contributed by atoms with van der Waals surface area (Å²) in [7, 11) is 0. The first-order valence-electron chi connectivity index (χ1n) is 14.6. The highest BCUT2D eigenvalue weighted by Crippen LogP contribution is 2.47. The summed E-state index contributed by atoms with van der Waals surface area (Å²) in [6.07, 6.45) is 10.3. The predicted molar refractivity (Wildman–Crippen MR) is 161 cm³/mol. The molecule has 3 N–H and O–H groups in total. The maximum atomic E-state index is 6.29. The highest BCUT2D eigenvalue weighted by Gasteiger charge is 2.31. The van der Waals surface area contributed by atoms with E-state index in [0.717, 1.165) is 24.4 Å². The van der Waals surface area contributed by atoms with E-state index in [4.69, 9.17) is 5.73 Å². The van der Waals surface area contributed by atoms with Crippen LogP contribution in [0.1, 0.15) is 79.2 Å². The molecule has 2 saturated carbocycles. The van der Waals surface area contributed by atoms with Crippen molar-refractivity contribution in [3.8, 4) is 22.3 Å². The fraction of sp³-hybridized carbons (Fsp3) is 0.333. The lowest BCUT2D eigenvalue weighted by atomic mass is 9.91. The minimum absolute atomic E-state index is 0.609. The number of rotatable bonds is 4. The molecular weight excluding hydrogens is 460 g/mol. The zero-order chi connectivity index (χ0) is 25.6. The largest absolute Gasteiger partial charge is 0.398 e. The summed E-state index contributed by atoms with van der Waals surface area (Å²) < 4.78 is 0. The van der Waals surface area contributed by atoms with Crippen molar-refractivity contribution in [2.45, 2.75) is 70.3 Å². The monoisotopic (exact) mass is 498 g/mol. The van der Waals surface area contributed by atoms with Crippen molar-refractivity contribution in [1.29, 1.82) is 0 Å². The second-order valence-electron chi connectivity index (χ2n) is 11.9. The molecule has 0 aliphatic heterocycles. The van der Waals surface area contributed by atoms with Crippen molar-refractivity contribution in [3.05, 3.63) is 107 Å². The first-order valence-corrected chi connectivity index (χ1v) is 14.6. The number of hydrogen-bond acceptors (Lipinski definition) is 2. The summed E-state index contributed by atoms with van der Waals surface area (Å²) in [5.41, 5.74) is 21.4. The molecule has 8 rings (SSSR count). The van der Waals surface area contributed by atoms with Gasteiger partial charge in [-0.2, -0.15) is 0 Å². The standard InChI is InChI=1S/2C18H19N/c1-11(12-6-7-12)16-10-17-14(9-18(16)19)8-13-4-2-3-5-15(13)17;1-4-8-17-13(5-1)11-14-12-16(9-10-18(14)17)19-15-6-2-3-7-15/h2-5,9-12H,6-8,19H2,1H3;1,4-5,8-10,12,15,19H,2-3,6-7,11H2. The van der Waals surface area contributed by atoms with Gasteiger partial charge >= 0.3 is 0 Å². The lowest BCUT2D eigenvalue weighted by Crippen LogP contribution is -2.14. The quantitative estimate of drug-likeness (QED) is 0.238. The van der Waals surface area contributed by atoms with Crippen LogP contribution in [0.25, 0.3) is 22.3 Å². The molecule has 0 aromatic heterocycles. The molecule has 0 saturated heterocycles. The molecule has 4 aromatic carbocycles. The van der Waals surface area contributed by atoms with Crippen LogP contribution in [0.2, 0.25) is 0 Å². The molecule has 0 heterocycles. The van der Waals surface area contributed by atoms with Gasteiger partial charge in [-0.25, -0.2) is 0 Å². The van der Waals surface area contributed by atoms with Gasteiger partial charge in [0.05, 0.1) is 0 Å². The van der Waals surface area contributed by atoms with Crippen LogP contribution in [0.4, 0.5) is 11.4 Å². The van der Waals surface area contributed by atoms with Crippen LogP contribution < -0.4 is 11.1 Å². The third kappa shape index (κ3) is 4.41. The van der Waals surface area contributed by atoms with Crippen LogP contribution in [0.3, 0.4) is 0 Å². The molecule has 38 heavy (non-hydrogen) atoms. The smallest absolute Gasteiger partial charge is 0.0352 e. The summed E-state index contributed by atoms with van der Waals surface area (Å²) in [5.74, 6) is 1.47. The predicted octanol–water partition coefficient (Wildman–Crippen LogP) is 8.97. The van der Waals surface area contributed by atoms with Gasteiger partial charge in [-0.15, -0.1) is 0 Å². The molecule has 1 unspecified atom stereocenters. The van der Waals surface area contributed by atoms with Gasteiger partial charge in [-0.3, -0.25) is 0 Å². The molecule has 4 aliphatic rings.